The van der Waals surface area contributed by atoms with Crippen molar-refractivity contribution in [2.45, 2.75) is 33.4 Å². The Bertz CT molecular complexity index is 1060. The second-order valence-corrected chi connectivity index (χ2v) is 6.98. The molecule has 1 amide bonds. The average molecular weight is 416 g/mol. The van der Waals surface area contributed by atoms with Crippen molar-refractivity contribution in [2.24, 2.45) is 0 Å². The van der Waals surface area contributed by atoms with Crippen LogP contribution in [0.2, 0.25) is 5.02 Å². The van der Waals surface area contributed by atoms with Crippen LogP contribution >= 0.6 is 11.6 Å². The maximum absolute atomic E-state index is 13.1. The first-order valence-electron chi connectivity index (χ1n) is 9.24. The van der Waals surface area contributed by atoms with Crippen LogP contribution in [-0.2, 0) is 11.3 Å². The molecule has 9 heteroatoms. The molecule has 1 aromatic carbocycles. The van der Waals surface area contributed by atoms with Crippen LogP contribution in [0.15, 0.2) is 47.5 Å². The number of rotatable bonds is 7. The quantitative estimate of drug-likeness (QED) is 0.640. The van der Waals surface area contributed by atoms with Gasteiger partial charge in [0.15, 0.2) is 5.82 Å². The Labute approximate surface area is 173 Å². The normalized spacial score (nSPS) is 10.9. The lowest BCUT2D eigenvalue weighted by molar-refractivity contribution is -0.121. The second kappa shape index (κ2) is 8.91. The minimum Gasteiger partial charge on any atom is -0.491 e. The summed E-state index contributed by atoms with van der Waals surface area (Å²) in [6.07, 6.45) is 3.08. The van der Waals surface area contributed by atoms with Crippen LogP contribution in [0.4, 0.5) is 0 Å². The number of pyridine rings is 1. The fourth-order valence-electron chi connectivity index (χ4n) is 2.81. The molecule has 0 atom stereocenters. The largest absolute Gasteiger partial charge is 0.491 e. The van der Waals surface area contributed by atoms with E-state index >= 15 is 0 Å². The van der Waals surface area contributed by atoms with E-state index in [1.54, 1.807) is 36.5 Å². The summed E-state index contributed by atoms with van der Waals surface area (Å²) in [4.78, 5) is 29.0. The minimum atomic E-state index is -0.448. The molecule has 3 aromatic rings. The van der Waals surface area contributed by atoms with E-state index in [2.05, 4.69) is 15.4 Å². The molecular weight excluding hydrogens is 394 g/mol. The molecule has 29 heavy (non-hydrogen) atoms. The number of amides is 1. The lowest BCUT2D eigenvalue weighted by atomic mass is 10.2. The van der Waals surface area contributed by atoms with Crippen molar-refractivity contribution in [2.75, 3.05) is 6.54 Å². The van der Waals surface area contributed by atoms with E-state index in [1.165, 1.54) is 10.8 Å². The van der Waals surface area contributed by atoms with E-state index in [1.807, 2.05) is 20.8 Å². The van der Waals surface area contributed by atoms with Crippen LogP contribution in [0.5, 0.6) is 5.75 Å². The van der Waals surface area contributed by atoms with Crippen molar-refractivity contribution < 1.29 is 9.53 Å². The number of nitrogens with one attached hydrogen (secondary N) is 1. The summed E-state index contributed by atoms with van der Waals surface area (Å²) < 4.78 is 8.20. The minimum absolute atomic E-state index is 0.0367. The third kappa shape index (κ3) is 4.65. The summed E-state index contributed by atoms with van der Waals surface area (Å²) in [5.41, 5.74) is 0.670. The van der Waals surface area contributed by atoms with Gasteiger partial charge >= 0.3 is 5.69 Å². The molecule has 3 rings (SSSR count). The van der Waals surface area contributed by atoms with Crippen LogP contribution in [0, 0.1) is 0 Å². The van der Waals surface area contributed by atoms with E-state index in [0.717, 1.165) is 4.68 Å². The van der Waals surface area contributed by atoms with Crippen molar-refractivity contribution in [3.05, 3.63) is 58.2 Å². The standard InChI is InChI=1S/C20H22ClN5O3/c1-4-23-18(27)12-25-20(28)26(14-5-7-15(8-6-14)29-13(2)3)19(24-25)16-9-10-22-11-17(16)21/h5-11,13H,4,12H2,1-3H3,(H,23,27). The third-order valence-corrected chi connectivity index (χ3v) is 4.29. The van der Waals surface area contributed by atoms with Crippen LogP contribution in [0.25, 0.3) is 17.1 Å². The van der Waals surface area contributed by atoms with Gasteiger partial charge in [0.2, 0.25) is 5.91 Å². The highest BCUT2D eigenvalue weighted by molar-refractivity contribution is 6.33. The maximum Gasteiger partial charge on any atom is 0.351 e. The SMILES string of the molecule is CCNC(=O)Cn1nc(-c2ccncc2Cl)n(-c2ccc(OC(C)C)cc2)c1=O. The topological polar surface area (TPSA) is 91.0 Å². The Morgan fingerprint density at radius 1 is 1.24 bits per heavy atom. The monoisotopic (exact) mass is 415 g/mol. The molecule has 0 saturated heterocycles. The van der Waals surface area contributed by atoms with Crippen molar-refractivity contribution in [1.82, 2.24) is 24.6 Å². The van der Waals surface area contributed by atoms with Gasteiger partial charge in [-0.05, 0) is 51.1 Å². The van der Waals surface area contributed by atoms with Gasteiger partial charge < -0.3 is 10.1 Å². The Balaban J connectivity index is 2.11. The highest BCUT2D eigenvalue weighted by atomic mass is 35.5. The maximum atomic E-state index is 13.1. The molecule has 1 N–H and O–H groups in total. The zero-order valence-electron chi connectivity index (χ0n) is 16.4. The zero-order chi connectivity index (χ0) is 21.0. The van der Waals surface area contributed by atoms with Crippen LogP contribution < -0.4 is 15.7 Å². The molecule has 0 spiro atoms. The Morgan fingerprint density at radius 2 is 1.97 bits per heavy atom. The van der Waals surface area contributed by atoms with Crippen molar-refractivity contribution in [3.8, 4) is 22.8 Å². The molecule has 8 nitrogen and oxygen atoms in total. The Hall–Kier alpha value is -3.13. The molecule has 0 aliphatic heterocycles. The first kappa shape index (κ1) is 20.6. The van der Waals surface area contributed by atoms with E-state index < -0.39 is 5.69 Å². The molecular formula is C20H22ClN5O3. The number of aromatic nitrogens is 4. The van der Waals surface area contributed by atoms with Crippen LogP contribution in [0.3, 0.4) is 0 Å². The van der Waals surface area contributed by atoms with Gasteiger partial charge in [0.05, 0.1) is 16.8 Å². The predicted octanol–water partition coefficient (Wildman–Crippen LogP) is 2.67. The number of hydrogen-bond acceptors (Lipinski definition) is 5. The third-order valence-electron chi connectivity index (χ3n) is 3.99. The van der Waals surface area contributed by atoms with Crippen molar-refractivity contribution >= 4 is 17.5 Å². The highest BCUT2D eigenvalue weighted by Crippen LogP contribution is 2.27. The molecule has 0 saturated carbocycles. The number of likely N-dealkylation sites (N-methyl/N-ethyl adjacent to an activating group) is 1. The molecule has 0 aliphatic rings. The van der Waals surface area contributed by atoms with Gasteiger partial charge in [-0.15, -0.1) is 5.10 Å². The van der Waals surface area contributed by atoms with E-state index in [-0.39, 0.29) is 18.6 Å². The number of carbonyl (C=O) groups excluding carboxylic acids is 1. The second-order valence-electron chi connectivity index (χ2n) is 6.57. The lowest BCUT2D eigenvalue weighted by Crippen LogP contribution is -2.33. The summed E-state index contributed by atoms with van der Waals surface area (Å²) >= 11 is 6.29. The number of carbonyl (C=O) groups is 1. The average Bonchev–Trinajstić information content (AvgIpc) is 2.98. The Morgan fingerprint density at radius 3 is 2.59 bits per heavy atom. The van der Waals surface area contributed by atoms with E-state index in [0.29, 0.717) is 34.4 Å². The first-order chi connectivity index (χ1) is 13.9. The van der Waals surface area contributed by atoms with Crippen LogP contribution in [0.1, 0.15) is 20.8 Å². The van der Waals surface area contributed by atoms with Gasteiger partial charge in [-0.2, -0.15) is 0 Å². The highest BCUT2D eigenvalue weighted by Gasteiger charge is 2.20. The number of benzene rings is 1. The van der Waals surface area contributed by atoms with Gasteiger partial charge in [-0.1, -0.05) is 11.6 Å². The van der Waals surface area contributed by atoms with E-state index in [4.69, 9.17) is 16.3 Å². The summed E-state index contributed by atoms with van der Waals surface area (Å²) in [5.74, 6) is 0.714. The van der Waals surface area contributed by atoms with Crippen LogP contribution in [-0.4, -0.2) is 37.9 Å². The molecule has 0 radical (unpaired) electrons. The number of nitrogens with zero attached hydrogens (tertiary/aromatic N) is 4. The molecule has 2 aromatic heterocycles. The molecule has 0 aliphatic carbocycles. The Kier molecular flexibility index (Phi) is 6.33. The molecule has 152 valence electrons. The molecule has 0 unspecified atom stereocenters. The first-order valence-corrected chi connectivity index (χ1v) is 9.62. The summed E-state index contributed by atoms with van der Waals surface area (Å²) in [6, 6.07) is 8.75. The molecule has 0 fully saturated rings. The lowest BCUT2D eigenvalue weighted by Gasteiger charge is -2.11. The van der Waals surface area contributed by atoms with Gasteiger partial charge in [-0.25, -0.2) is 14.0 Å². The zero-order valence-corrected chi connectivity index (χ0v) is 17.2. The fourth-order valence-corrected chi connectivity index (χ4v) is 3.01. The van der Waals surface area contributed by atoms with Gasteiger partial charge in [-0.3, -0.25) is 9.78 Å². The summed E-state index contributed by atoms with van der Waals surface area (Å²) in [7, 11) is 0. The number of halogens is 1. The van der Waals surface area contributed by atoms with Crippen molar-refractivity contribution in [3.63, 3.8) is 0 Å². The number of ether oxygens (including phenoxy) is 1. The van der Waals surface area contributed by atoms with Gasteiger partial charge in [0.25, 0.3) is 0 Å². The molecule has 2 heterocycles. The predicted molar refractivity (Wildman–Crippen MR) is 111 cm³/mol. The van der Waals surface area contributed by atoms with Gasteiger partial charge in [0, 0.05) is 24.5 Å². The smallest absolute Gasteiger partial charge is 0.351 e. The summed E-state index contributed by atoms with van der Waals surface area (Å²) in [6.45, 7) is 5.96. The number of hydrogen-bond donors (Lipinski definition) is 1. The van der Waals surface area contributed by atoms with E-state index in [9.17, 15) is 9.59 Å². The fraction of sp³-hybridized carbons (Fsp3) is 0.300. The van der Waals surface area contributed by atoms with Gasteiger partial charge in [0.1, 0.15) is 12.3 Å². The summed E-state index contributed by atoms with van der Waals surface area (Å²) in [5, 5.41) is 7.39. The van der Waals surface area contributed by atoms with Crippen molar-refractivity contribution in [1.29, 1.82) is 0 Å². The molecule has 0 bridgehead atoms.